The van der Waals surface area contributed by atoms with Crippen LogP contribution in [0.4, 0.5) is 11.4 Å². The molecule has 1 aromatic heterocycles. The Morgan fingerprint density at radius 3 is 2.45 bits per heavy atom. The minimum atomic E-state index is -0.501. The molecule has 0 saturated carbocycles. The first-order valence-corrected chi connectivity index (χ1v) is 8.58. The van der Waals surface area contributed by atoms with Crippen LogP contribution >= 0.6 is 0 Å². The molecule has 1 heterocycles. The van der Waals surface area contributed by atoms with Crippen LogP contribution in [0.2, 0.25) is 0 Å². The smallest absolute Gasteiger partial charge is 0.273 e. The van der Waals surface area contributed by atoms with Crippen molar-refractivity contribution in [2.75, 3.05) is 5.32 Å². The number of carbonyl (C=O) groups excluding carboxylic acids is 2. The number of rotatable bonds is 6. The topological polar surface area (TPSA) is 93.2 Å². The summed E-state index contributed by atoms with van der Waals surface area (Å²) >= 11 is 0. The summed E-state index contributed by atoms with van der Waals surface area (Å²) in [5.41, 5.74) is 1.75. The summed E-state index contributed by atoms with van der Waals surface area (Å²) in [6.45, 7) is 1.62. The highest BCUT2D eigenvalue weighted by molar-refractivity contribution is 6.04. The fourth-order valence-corrected chi connectivity index (χ4v) is 2.72. The molecule has 0 fully saturated rings. The molecule has 0 radical (unpaired) electrons. The Labute approximate surface area is 177 Å². The van der Waals surface area contributed by atoms with Gasteiger partial charge in [-0.25, -0.2) is 0 Å². The molecule has 7 nitrogen and oxygen atoms in total. The van der Waals surface area contributed by atoms with Gasteiger partial charge in [-0.15, -0.1) is 0 Å². The zero-order valence-corrected chi connectivity index (χ0v) is 17.1. The van der Waals surface area contributed by atoms with E-state index >= 15 is 0 Å². The van der Waals surface area contributed by atoms with Crippen LogP contribution in [0, 0.1) is 17.0 Å². The molecule has 0 atom stereocenters. The van der Waals surface area contributed by atoms with E-state index in [9.17, 15) is 19.7 Å². The van der Waals surface area contributed by atoms with E-state index in [-0.39, 0.29) is 46.5 Å². The monoisotopic (exact) mass is 455 g/mol. The molecule has 29 heavy (non-hydrogen) atoms. The standard InChI is InChI=1S/C21H17N3O4.BrH/c1-15-9-10-17(12-19(15)24(27)28)20(25)14-23-11-5-8-18(13-23)22-21(26)16-6-3-2-4-7-16;/h2-13H,14H2,1H3;1H. The van der Waals surface area contributed by atoms with E-state index < -0.39 is 4.92 Å². The number of nitrogens with one attached hydrogen (secondary N) is 1. The number of amides is 1. The number of anilines is 1. The molecule has 1 N–H and O–H groups in total. The molecular formula is C21H18BrN3O4. The second kappa shape index (κ2) is 9.70. The predicted molar refractivity (Wildman–Crippen MR) is 103 cm³/mol. The number of benzene rings is 2. The number of Topliss-reactive ketones (excluding diaryl/α,β-unsaturated/α-hetero) is 1. The van der Waals surface area contributed by atoms with Gasteiger partial charge in [-0.3, -0.25) is 19.7 Å². The van der Waals surface area contributed by atoms with Gasteiger partial charge in [-0.05, 0) is 25.1 Å². The molecule has 0 aliphatic carbocycles. The normalized spacial score (nSPS) is 9.97. The first-order chi connectivity index (χ1) is 13.4. The fourth-order valence-electron chi connectivity index (χ4n) is 2.72. The van der Waals surface area contributed by atoms with E-state index in [2.05, 4.69) is 5.32 Å². The van der Waals surface area contributed by atoms with Crippen molar-refractivity contribution in [3.05, 3.63) is 99.9 Å². The molecule has 0 unspecified atom stereocenters. The molecule has 1 amide bonds. The average Bonchev–Trinajstić information content (AvgIpc) is 2.69. The van der Waals surface area contributed by atoms with E-state index in [1.165, 1.54) is 6.07 Å². The number of aromatic nitrogens is 1. The Kier molecular flexibility index (Phi) is 7.33. The van der Waals surface area contributed by atoms with Crippen molar-refractivity contribution in [2.45, 2.75) is 13.5 Å². The van der Waals surface area contributed by atoms with Crippen molar-refractivity contribution in [3.63, 3.8) is 0 Å². The highest BCUT2D eigenvalue weighted by Crippen LogP contribution is 2.19. The molecular weight excluding hydrogens is 438 g/mol. The van der Waals surface area contributed by atoms with Crippen LogP contribution in [0.15, 0.2) is 73.1 Å². The lowest BCUT2D eigenvalue weighted by molar-refractivity contribution is -0.682. The van der Waals surface area contributed by atoms with Gasteiger partial charge in [0.15, 0.2) is 12.4 Å². The van der Waals surface area contributed by atoms with E-state index in [1.807, 2.05) is 6.07 Å². The van der Waals surface area contributed by atoms with Gasteiger partial charge in [-0.1, -0.05) is 30.3 Å². The highest BCUT2D eigenvalue weighted by Gasteiger charge is 2.18. The molecule has 0 bridgehead atoms. The fraction of sp³-hybridized carbons (Fsp3) is 0.0952. The summed E-state index contributed by atoms with van der Waals surface area (Å²) in [7, 11) is 0. The highest BCUT2D eigenvalue weighted by atomic mass is 79.9. The quantitative estimate of drug-likeness (QED) is 0.251. The second-order valence-electron chi connectivity index (χ2n) is 6.27. The van der Waals surface area contributed by atoms with Gasteiger partial charge in [0.05, 0.1) is 4.92 Å². The van der Waals surface area contributed by atoms with Crippen LogP contribution in [-0.2, 0) is 6.54 Å². The van der Waals surface area contributed by atoms with Gasteiger partial charge >= 0.3 is 0 Å². The lowest BCUT2D eigenvalue weighted by Crippen LogP contribution is -3.00. The van der Waals surface area contributed by atoms with E-state index in [4.69, 9.17) is 0 Å². The van der Waals surface area contributed by atoms with Crippen molar-refractivity contribution in [1.29, 1.82) is 0 Å². The molecule has 3 rings (SSSR count). The van der Waals surface area contributed by atoms with Crippen LogP contribution < -0.4 is 26.9 Å². The van der Waals surface area contributed by atoms with Gasteiger partial charge in [0.2, 0.25) is 12.3 Å². The van der Waals surface area contributed by atoms with Crippen molar-refractivity contribution < 1.29 is 36.1 Å². The third kappa shape index (κ3) is 5.55. The number of halogens is 1. The number of nitro benzene ring substituents is 1. The SMILES string of the molecule is Cc1ccc(C(=O)C[n+]2cccc(NC(=O)c3ccccc3)c2)cc1[N+](=O)[O-].[Br-]. The van der Waals surface area contributed by atoms with Crippen LogP contribution in [-0.4, -0.2) is 16.6 Å². The van der Waals surface area contributed by atoms with E-state index in [0.717, 1.165) is 0 Å². The molecule has 3 aromatic rings. The Morgan fingerprint density at radius 2 is 1.76 bits per heavy atom. The molecule has 8 heteroatoms. The maximum absolute atomic E-state index is 12.5. The maximum atomic E-state index is 12.5. The zero-order valence-electron chi connectivity index (χ0n) is 15.5. The minimum absolute atomic E-state index is 0. The number of hydrogen-bond donors (Lipinski definition) is 1. The maximum Gasteiger partial charge on any atom is 0.273 e. The summed E-state index contributed by atoms with van der Waals surface area (Å²) in [6, 6.07) is 16.7. The van der Waals surface area contributed by atoms with Crippen LogP contribution in [0.3, 0.4) is 0 Å². The van der Waals surface area contributed by atoms with Crippen LogP contribution in [0.5, 0.6) is 0 Å². The molecule has 2 aromatic carbocycles. The Morgan fingerprint density at radius 1 is 1.03 bits per heavy atom. The van der Waals surface area contributed by atoms with E-state index in [1.54, 1.807) is 72.4 Å². The Balaban J connectivity index is 0.00000300. The number of ketones is 1. The first-order valence-electron chi connectivity index (χ1n) is 8.58. The summed E-state index contributed by atoms with van der Waals surface area (Å²) in [4.78, 5) is 35.3. The van der Waals surface area contributed by atoms with Crippen molar-refractivity contribution in [2.24, 2.45) is 0 Å². The van der Waals surface area contributed by atoms with E-state index in [0.29, 0.717) is 16.8 Å². The van der Waals surface area contributed by atoms with Crippen LogP contribution in [0.1, 0.15) is 26.3 Å². The van der Waals surface area contributed by atoms with Gasteiger partial charge in [0, 0.05) is 28.8 Å². The van der Waals surface area contributed by atoms with Gasteiger partial charge in [-0.2, -0.15) is 4.57 Å². The number of carbonyl (C=O) groups is 2. The van der Waals surface area contributed by atoms with Gasteiger partial charge in [0.25, 0.3) is 11.6 Å². The largest absolute Gasteiger partial charge is 1.00 e. The average molecular weight is 456 g/mol. The summed E-state index contributed by atoms with van der Waals surface area (Å²) in [5.74, 6) is -0.515. The number of hydrogen-bond acceptors (Lipinski definition) is 4. The van der Waals surface area contributed by atoms with Gasteiger partial charge < -0.3 is 22.3 Å². The summed E-state index contributed by atoms with van der Waals surface area (Å²) in [6.07, 6.45) is 3.33. The molecule has 0 saturated heterocycles. The molecule has 0 spiro atoms. The summed E-state index contributed by atoms with van der Waals surface area (Å²) in [5, 5.41) is 13.9. The molecule has 0 aliphatic rings. The van der Waals surface area contributed by atoms with Crippen molar-refractivity contribution in [3.8, 4) is 0 Å². The van der Waals surface area contributed by atoms with Crippen molar-refractivity contribution >= 4 is 23.1 Å². The predicted octanol–water partition coefficient (Wildman–Crippen LogP) is 0.330. The lowest BCUT2D eigenvalue weighted by atomic mass is 10.1. The Bertz CT molecular complexity index is 1050. The van der Waals surface area contributed by atoms with Gasteiger partial charge in [0.1, 0.15) is 5.69 Å². The zero-order chi connectivity index (χ0) is 20.1. The van der Waals surface area contributed by atoms with Crippen LogP contribution in [0.25, 0.3) is 0 Å². The lowest BCUT2D eigenvalue weighted by Gasteiger charge is -2.05. The number of pyridine rings is 1. The molecule has 148 valence electrons. The minimum Gasteiger partial charge on any atom is -1.00 e. The third-order valence-electron chi connectivity index (χ3n) is 4.21. The van der Waals surface area contributed by atoms with Crippen molar-refractivity contribution in [1.82, 2.24) is 0 Å². The number of nitrogens with zero attached hydrogens (tertiary/aromatic N) is 2. The third-order valence-corrected chi connectivity index (χ3v) is 4.21. The number of aryl methyl sites for hydroxylation is 1. The first kappa shape index (κ1) is 21.9. The molecule has 0 aliphatic heterocycles. The number of nitro groups is 1. The summed E-state index contributed by atoms with van der Waals surface area (Å²) < 4.78 is 1.62. The Hall–Kier alpha value is -3.39. The second-order valence-corrected chi connectivity index (χ2v) is 6.27.